The van der Waals surface area contributed by atoms with Crippen molar-refractivity contribution in [1.82, 2.24) is 4.98 Å². The number of anilines is 1. The van der Waals surface area contributed by atoms with Gasteiger partial charge in [-0.25, -0.2) is 4.98 Å². The summed E-state index contributed by atoms with van der Waals surface area (Å²) >= 11 is 0. The maximum Gasteiger partial charge on any atom is 0.128 e. The van der Waals surface area contributed by atoms with Crippen molar-refractivity contribution in [2.45, 2.75) is 27.7 Å². The van der Waals surface area contributed by atoms with Crippen LogP contribution in [0.3, 0.4) is 0 Å². The van der Waals surface area contributed by atoms with Gasteiger partial charge in [0.15, 0.2) is 0 Å². The molecule has 16 heavy (non-hydrogen) atoms. The van der Waals surface area contributed by atoms with Gasteiger partial charge in [-0.3, -0.25) is 0 Å². The minimum absolute atomic E-state index is 0.126. The lowest BCUT2D eigenvalue weighted by Gasteiger charge is -2.32. The summed E-state index contributed by atoms with van der Waals surface area (Å²) in [6, 6.07) is 4.14. The van der Waals surface area contributed by atoms with Crippen LogP contribution >= 0.6 is 0 Å². The first-order chi connectivity index (χ1) is 7.48. The zero-order valence-electron chi connectivity index (χ0n) is 10.8. The van der Waals surface area contributed by atoms with Gasteiger partial charge in [0.25, 0.3) is 0 Å². The molecule has 3 nitrogen and oxygen atoms in total. The van der Waals surface area contributed by atoms with Crippen LogP contribution in [0.2, 0.25) is 0 Å². The van der Waals surface area contributed by atoms with Crippen LogP contribution in [-0.4, -0.2) is 24.6 Å². The quantitative estimate of drug-likeness (QED) is 0.829. The van der Waals surface area contributed by atoms with Gasteiger partial charge in [-0.2, -0.15) is 0 Å². The summed E-state index contributed by atoms with van der Waals surface area (Å²) in [6.07, 6.45) is 1.86. The highest BCUT2D eigenvalue weighted by molar-refractivity contribution is 5.40. The van der Waals surface area contributed by atoms with Crippen LogP contribution in [0.4, 0.5) is 5.82 Å². The molecule has 0 saturated carbocycles. The zero-order chi connectivity index (χ0) is 12.2. The van der Waals surface area contributed by atoms with Gasteiger partial charge in [-0.15, -0.1) is 0 Å². The Morgan fingerprint density at radius 1 is 1.44 bits per heavy atom. The Kier molecular flexibility index (Phi) is 4.30. The molecule has 0 spiro atoms. The van der Waals surface area contributed by atoms with Crippen molar-refractivity contribution in [1.29, 1.82) is 0 Å². The number of rotatable bonds is 5. The maximum atomic E-state index is 5.77. The van der Waals surface area contributed by atoms with Crippen LogP contribution in [0.25, 0.3) is 0 Å². The third-order valence-electron chi connectivity index (χ3n) is 2.78. The second-order valence-electron chi connectivity index (χ2n) is 5.07. The summed E-state index contributed by atoms with van der Waals surface area (Å²) in [5.41, 5.74) is 7.14. The first-order valence-corrected chi connectivity index (χ1v) is 5.86. The van der Waals surface area contributed by atoms with E-state index >= 15 is 0 Å². The van der Waals surface area contributed by atoms with Crippen LogP contribution in [-0.2, 0) is 0 Å². The standard InChI is InChI=1S/C13H23N3/c1-5-16(10-13(3,4)9-14)12-8-11(2)6-7-15-12/h6-8H,5,9-10,14H2,1-4H3. The molecule has 1 heterocycles. The van der Waals surface area contributed by atoms with E-state index in [0.29, 0.717) is 6.54 Å². The molecule has 0 aliphatic rings. The second kappa shape index (κ2) is 5.30. The lowest BCUT2D eigenvalue weighted by atomic mass is 9.93. The molecule has 0 saturated heterocycles. The van der Waals surface area contributed by atoms with E-state index in [-0.39, 0.29) is 5.41 Å². The van der Waals surface area contributed by atoms with Gasteiger partial charge in [-0.1, -0.05) is 13.8 Å². The summed E-state index contributed by atoms with van der Waals surface area (Å²) in [5, 5.41) is 0. The fourth-order valence-corrected chi connectivity index (χ4v) is 1.63. The van der Waals surface area contributed by atoms with Gasteiger partial charge in [0, 0.05) is 19.3 Å². The lowest BCUT2D eigenvalue weighted by molar-refractivity contribution is 0.378. The van der Waals surface area contributed by atoms with Gasteiger partial charge < -0.3 is 10.6 Å². The topological polar surface area (TPSA) is 42.1 Å². The molecular formula is C13H23N3. The molecule has 0 atom stereocenters. The van der Waals surface area contributed by atoms with Crippen molar-refractivity contribution in [2.24, 2.45) is 11.1 Å². The third kappa shape index (κ3) is 3.49. The highest BCUT2D eigenvalue weighted by Crippen LogP contribution is 2.19. The molecule has 1 rings (SSSR count). The highest BCUT2D eigenvalue weighted by atomic mass is 15.2. The summed E-state index contributed by atoms with van der Waals surface area (Å²) < 4.78 is 0. The van der Waals surface area contributed by atoms with E-state index in [0.717, 1.165) is 18.9 Å². The first kappa shape index (κ1) is 13.0. The van der Waals surface area contributed by atoms with Crippen molar-refractivity contribution in [3.63, 3.8) is 0 Å². The predicted molar refractivity (Wildman–Crippen MR) is 69.7 cm³/mol. The van der Waals surface area contributed by atoms with E-state index in [1.165, 1.54) is 5.56 Å². The predicted octanol–water partition coefficient (Wildman–Crippen LogP) is 2.20. The average Bonchev–Trinajstić information content (AvgIpc) is 2.26. The SMILES string of the molecule is CCN(CC(C)(C)CN)c1cc(C)ccn1. The molecule has 0 aromatic carbocycles. The van der Waals surface area contributed by atoms with Crippen LogP contribution in [0.15, 0.2) is 18.3 Å². The molecule has 0 bridgehead atoms. The molecule has 1 aromatic rings. The van der Waals surface area contributed by atoms with Crippen LogP contribution in [0.1, 0.15) is 26.3 Å². The summed E-state index contributed by atoms with van der Waals surface area (Å²) in [4.78, 5) is 6.69. The Bertz CT molecular complexity index is 334. The monoisotopic (exact) mass is 221 g/mol. The van der Waals surface area contributed by atoms with Crippen molar-refractivity contribution in [3.05, 3.63) is 23.9 Å². The molecular weight excluding hydrogens is 198 g/mol. The Balaban J connectivity index is 2.82. The Labute approximate surface area is 98.7 Å². The van der Waals surface area contributed by atoms with E-state index in [2.05, 4.69) is 43.6 Å². The summed E-state index contributed by atoms with van der Waals surface area (Å²) in [5.74, 6) is 1.05. The molecule has 0 aliphatic carbocycles. The molecule has 0 unspecified atom stereocenters. The van der Waals surface area contributed by atoms with Crippen LogP contribution in [0.5, 0.6) is 0 Å². The number of nitrogens with two attached hydrogens (primary N) is 1. The van der Waals surface area contributed by atoms with E-state index < -0.39 is 0 Å². The van der Waals surface area contributed by atoms with Gasteiger partial charge in [0.1, 0.15) is 5.82 Å². The molecule has 0 aliphatic heterocycles. The minimum Gasteiger partial charge on any atom is -0.356 e. The zero-order valence-corrected chi connectivity index (χ0v) is 10.8. The number of pyridine rings is 1. The van der Waals surface area contributed by atoms with E-state index in [1.807, 2.05) is 12.3 Å². The lowest BCUT2D eigenvalue weighted by Crippen LogP contribution is -2.39. The largest absolute Gasteiger partial charge is 0.356 e. The minimum atomic E-state index is 0.126. The molecule has 3 heteroatoms. The first-order valence-electron chi connectivity index (χ1n) is 5.86. The van der Waals surface area contributed by atoms with E-state index in [1.54, 1.807) is 0 Å². The van der Waals surface area contributed by atoms with E-state index in [4.69, 9.17) is 5.73 Å². The Morgan fingerprint density at radius 2 is 2.12 bits per heavy atom. The molecule has 1 aromatic heterocycles. The van der Waals surface area contributed by atoms with Gasteiger partial charge in [0.05, 0.1) is 0 Å². The van der Waals surface area contributed by atoms with Crippen molar-refractivity contribution < 1.29 is 0 Å². The van der Waals surface area contributed by atoms with Crippen molar-refractivity contribution in [3.8, 4) is 0 Å². The summed E-state index contributed by atoms with van der Waals surface area (Å²) in [7, 11) is 0. The fourth-order valence-electron chi connectivity index (χ4n) is 1.63. The molecule has 0 fully saturated rings. The van der Waals surface area contributed by atoms with Gasteiger partial charge in [-0.05, 0) is 43.5 Å². The number of nitrogens with zero attached hydrogens (tertiary/aromatic N) is 2. The number of aryl methyl sites for hydroxylation is 1. The fraction of sp³-hybridized carbons (Fsp3) is 0.615. The highest BCUT2D eigenvalue weighted by Gasteiger charge is 2.20. The molecule has 0 amide bonds. The Morgan fingerprint density at radius 3 is 2.62 bits per heavy atom. The molecule has 2 N–H and O–H groups in total. The third-order valence-corrected chi connectivity index (χ3v) is 2.78. The normalized spacial score (nSPS) is 11.6. The average molecular weight is 221 g/mol. The van der Waals surface area contributed by atoms with Crippen LogP contribution < -0.4 is 10.6 Å². The van der Waals surface area contributed by atoms with Gasteiger partial charge in [0.2, 0.25) is 0 Å². The Hall–Kier alpha value is -1.09. The summed E-state index contributed by atoms with van der Waals surface area (Å²) in [6.45, 7) is 11.2. The molecule has 90 valence electrons. The van der Waals surface area contributed by atoms with Gasteiger partial charge >= 0.3 is 0 Å². The number of hydrogen-bond acceptors (Lipinski definition) is 3. The van der Waals surface area contributed by atoms with Crippen LogP contribution in [0, 0.1) is 12.3 Å². The maximum absolute atomic E-state index is 5.77. The van der Waals surface area contributed by atoms with Crippen molar-refractivity contribution in [2.75, 3.05) is 24.5 Å². The smallest absolute Gasteiger partial charge is 0.128 e. The van der Waals surface area contributed by atoms with E-state index in [9.17, 15) is 0 Å². The number of hydrogen-bond donors (Lipinski definition) is 1. The molecule has 0 radical (unpaired) electrons. The second-order valence-corrected chi connectivity index (χ2v) is 5.07. The van der Waals surface area contributed by atoms with Crippen molar-refractivity contribution >= 4 is 5.82 Å². The number of aromatic nitrogens is 1.